The Balaban J connectivity index is 1.85. The average Bonchev–Trinajstić information content (AvgIpc) is 2.79. The maximum absolute atomic E-state index is 5.44. The maximum Gasteiger partial charge on any atom is 0.266 e. The lowest BCUT2D eigenvalue weighted by atomic mass is 10.1. The van der Waals surface area contributed by atoms with Crippen LogP contribution in [0, 0.1) is 0 Å². The molecule has 0 amide bonds. The minimum Gasteiger partial charge on any atom is -0.338 e. The molecule has 0 unspecified atom stereocenters. The number of rotatable bonds is 5. The Morgan fingerprint density at radius 3 is 2.75 bits per heavy atom. The van der Waals surface area contributed by atoms with E-state index in [0.717, 1.165) is 50.7 Å². The first-order valence-corrected chi connectivity index (χ1v) is 6.18. The summed E-state index contributed by atoms with van der Waals surface area (Å²) in [5.41, 5.74) is 5.44. The second kappa shape index (κ2) is 5.84. The molecular formula is C11H20N4O. The van der Waals surface area contributed by atoms with Crippen molar-refractivity contribution in [2.45, 2.75) is 38.5 Å². The van der Waals surface area contributed by atoms with E-state index >= 15 is 0 Å². The Kier molecular flexibility index (Phi) is 4.16. The molecule has 5 heteroatoms. The number of piperidine rings is 1. The molecule has 0 spiro atoms. The van der Waals surface area contributed by atoms with Gasteiger partial charge in [-0.2, -0.15) is 4.98 Å². The molecule has 0 atom stereocenters. The summed E-state index contributed by atoms with van der Waals surface area (Å²) in [6.07, 6.45) is 6.67. The summed E-state index contributed by atoms with van der Waals surface area (Å²) < 4.78 is 5.22. The molecule has 0 bridgehead atoms. The van der Waals surface area contributed by atoms with Crippen LogP contribution in [0.25, 0.3) is 0 Å². The fourth-order valence-corrected chi connectivity index (χ4v) is 1.99. The van der Waals surface area contributed by atoms with Crippen molar-refractivity contribution >= 4 is 5.95 Å². The zero-order valence-electron chi connectivity index (χ0n) is 9.69. The van der Waals surface area contributed by atoms with Gasteiger partial charge in [-0.3, -0.25) is 0 Å². The van der Waals surface area contributed by atoms with E-state index in [-0.39, 0.29) is 0 Å². The van der Waals surface area contributed by atoms with Gasteiger partial charge in [0.15, 0.2) is 0 Å². The molecule has 1 saturated heterocycles. The SMILES string of the molecule is NCCCCc1nc(N2CCCCC2)no1. The lowest BCUT2D eigenvalue weighted by Gasteiger charge is -2.24. The van der Waals surface area contributed by atoms with Crippen molar-refractivity contribution in [3.05, 3.63) is 5.89 Å². The van der Waals surface area contributed by atoms with Crippen molar-refractivity contribution in [3.8, 4) is 0 Å². The monoisotopic (exact) mass is 224 g/mol. The average molecular weight is 224 g/mol. The molecule has 0 saturated carbocycles. The zero-order chi connectivity index (χ0) is 11.2. The zero-order valence-corrected chi connectivity index (χ0v) is 9.69. The number of aromatic nitrogens is 2. The minimum absolute atomic E-state index is 0.729. The number of hydrogen-bond donors (Lipinski definition) is 1. The van der Waals surface area contributed by atoms with Gasteiger partial charge in [0.1, 0.15) is 0 Å². The molecule has 0 aromatic carbocycles. The number of anilines is 1. The molecular weight excluding hydrogens is 204 g/mol. The van der Waals surface area contributed by atoms with Crippen LogP contribution >= 0.6 is 0 Å². The fourth-order valence-electron chi connectivity index (χ4n) is 1.99. The number of unbranched alkanes of at least 4 members (excludes halogenated alkanes) is 1. The summed E-state index contributed by atoms with van der Waals surface area (Å²) in [5.74, 6) is 1.51. The highest BCUT2D eigenvalue weighted by Gasteiger charge is 2.16. The van der Waals surface area contributed by atoms with Gasteiger partial charge in [-0.05, 0) is 43.8 Å². The van der Waals surface area contributed by atoms with Crippen LogP contribution in [0.15, 0.2) is 4.52 Å². The summed E-state index contributed by atoms with van der Waals surface area (Å²) in [4.78, 5) is 6.62. The number of nitrogens with two attached hydrogens (primary N) is 1. The fraction of sp³-hybridized carbons (Fsp3) is 0.818. The van der Waals surface area contributed by atoms with Crippen LogP contribution in [0.2, 0.25) is 0 Å². The van der Waals surface area contributed by atoms with Gasteiger partial charge in [0, 0.05) is 19.5 Å². The second-order valence-electron chi connectivity index (χ2n) is 4.28. The number of aryl methyl sites for hydroxylation is 1. The van der Waals surface area contributed by atoms with Gasteiger partial charge >= 0.3 is 0 Å². The van der Waals surface area contributed by atoms with E-state index in [1.807, 2.05) is 0 Å². The Morgan fingerprint density at radius 2 is 2.00 bits per heavy atom. The van der Waals surface area contributed by atoms with Crippen LogP contribution in [0.4, 0.5) is 5.95 Å². The second-order valence-corrected chi connectivity index (χ2v) is 4.28. The lowest BCUT2D eigenvalue weighted by molar-refractivity contribution is 0.372. The lowest BCUT2D eigenvalue weighted by Crippen LogP contribution is -2.30. The van der Waals surface area contributed by atoms with Crippen LogP contribution in [0.5, 0.6) is 0 Å². The summed E-state index contributed by atoms with van der Waals surface area (Å²) >= 11 is 0. The first kappa shape index (κ1) is 11.4. The van der Waals surface area contributed by atoms with Crippen LogP contribution < -0.4 is 10.6 Å². The molecule has 90 valence electrons. The molecule has 16 heavy (non-hydrogen) atoms. The van der Waals surface area contributed by atoms with E-state index in [1.165, 1.54) is 19.3 Å². The summed E-state index contributed by atoms with van der Waals surface area (Å²) in [6.45, 7) is 2.84. The van der Waals surface area contributed by atoms with Gasteiger partial charge in [-0.15, -0.1) is 0 Å². The molecule has 0 aliphatic carbocycles. The van der Waals surface area contributed by atoms with Crippen LogP contribution in [-0.4, -0.2) is 29.8 Å². The quantitative estimate of drug-likeness (QED) is 0.764. The third-order valence-electron chi connectivity index (χ3n) is 2.94. The predicted molar refractivity (Wildman–Crippen MR) is 62.4 cm³/mol. The number of hydrogen-bond acceptors (Lipinski definition) is 5. The standard InChI is InChI=1S/C11H20N4O/c12-7-3-2-6-10-13-11(14-16-10)15-8-4-1-5-9-15/h1-9,12H2. The van der Waals surface area contributed by atoms with E-state index in [4.69, 9.17) is 10.3 Å². The molecule has 0 radical (unpaired) electrons. The normalized spacial score (nSPS) is 16.7. The summed E-state index contributed by atoms with van der Waals surface area (Å²) in [6, 6.07) is 0. The molecule has 2 N–H and O–H groups in total. The summed E-state index contributed by atoms with van der Waals surface area (Å²) in [7, 11) is 0. The Labute approximate surface area is 96.0 Å². The van der Waals surface area contributed by atoms with Crippen molar-refractivity contribution in [2.75, 3.05) is 24.5 Å². The highest BCUT2D eigenvalue weighted by Crippen LogP contribution is 2.16. The molecule has 1 fully saturated rings. The van der Waals surface area contributed by atoms with E-state index in [9.17, 15) is 0 Å². The molecule has 1 aromatic rings. The van der Waals surface area contributed by atoms with Crippen molar-refractivity contribution in [1.82, 2.24) is 10.1 Å². The first-order chi connectivity index (χ1) is 7.90. The van der Waals surface area contributed by atoms with Gasteiger partial charge < -0.3 is 15.2 Å². The molecule has 2 rings (SSSR count). The van der Waals surface area contributed by atoms with Crippen molar-refractivity contribution < 1.29 is 4.52 Å². The molecule has 1 aliphatic heterocycles. The van der Waals surface area contributed by atoms with Gasteiger partial charge in [-0.1, -0.05) is 0 Å². The van der Waals surface area contributed by atoms with Gasteiger partial charge in [0.2, 0.25) is 5.89 Å². The largest absolute Gasteiger partial charge is 0.338 e. The van der Waals surface area contributed by atoms with E-state index in [2.05, 4.69) is 15.0 Å². The molecule has 2 heterocycles. The molecule has 5 nitrogen and oxygen atoms in total. The van der Waals surface area contributed by atoms with Crippen molar-refractivity contribution in [3.63, 3.8) is 0 Å². The highest BCUT2D eigenvalue weighted by molar-refractivity contribution is 5.27. The smallest absolute Gasteiger partial charge is 0.266 e. The highest BCUT2D eigenvalue weighted by atomic mass is 16.5. The van der Waals surface area contributed by atoms with Gasteiger partial charge in [0.05, 0.1) is 0 Å². The van der Waals surface area contributed by atoms with E-state index in [0.29, 0.717) is 0 Å². The maximum atomic E-state index is 5.44. The topological polar surface area (TPSA) is 68.2 Å². The molecule has 1 aliphatic rings. The first-order valence-electron chi connectivity index (χ1n) is 6.18. The van der Waals surface area contributed by atoms with Crippen molar-refractivity contribution in [2.24, 2.45) is 5.73 Å². The summed E-state index contributed by atoms with van der Waals surface area (Å²) in [5, 5.41) is 4.03. The van der Waals surface area contributed by atoms with Crippen LogP contribution in [0.1, 0.15) is 38.0 Å². The van der Waals surface area contributed by atoms with E-state index in [1.54, 1.807) is 0 Å². The third-order valence-corrected chi connectivity index (χ3v) is 2.94. The van der Waals surface area contributed by atoms with Crippen molar-refractivity contribution in [1.29, 1.82) is 0 Å². The number of nitrogens with zero attached hydrogens (tertiary/aromatic N) is 3. The van der Waals surface area contributed by atoms with Gasteiger partial charge in [-0.25, -0.2) is 0 Å². The predicted octanol–water partition coefficient (Wildman–Crippen LogP) is 1.34. The van der Waals surface area contributed by atoms with Crippen LogP contribution in [-0.2, 0) is 6.42 Å². The Bertz CT molecular complexity index is 307. The minimum atomic E-state index is 0.729. The van der Waals surface area contributed by atoms with E-state index < -0.39 is 0 Å². The Hall–Kier alpha value is -1.10. The van der Waals surface area contributed by atoms with Gasteiger partial charge in [0.25, 0.3) is 5.95 Å². The molecule has 1 aromatic heterocycles. The Morgan fingerprint density at radius 1 is 1.19 bits per heavy atom. The third kappa shape index (κ3) is 2.95. The van der Waals surface area contributed by atoms with Crippen LogP contribution in [0.3, 0.4) is 0 Å².